The molecule has 0 fully saturated rings. The van der Waals surface area contributed by atoms with Crippen LogP contribution in [-0.2, 0) is 4.74 Å². The maximum absolute atomic E-state index is 5.36. The van der Waals surface area contributed by atoms with E-state index in [0.717, 1.165) is 17.0 Å². The van der Waals surface area contributed by atoms with Crippen LogP contribution in [0.2, 0.25) is 0 Å². The van der Waals surface area contributed by atoms with Crippen molar-refractivity contribution in [3.05, 3.63) is 48.0 Å². The van der Waals surface area contributed by atoms with Crippen LogP contribution in [-0.4, -0.2) is 7.11 Å². The molecule has 4 heteroatoms. The lowest BCUT2D eigenvalue weighted by atomic mass is 10.1. The lowest BCUT2D eigenvalue weighted by Gasteiger charge is -2.05. The number of rotatable bonds is 6. The van der Waals surface area contributed by atoms with Crippen LogP contribution < -0.4 is 17.0 Å². The first kappa shape index (κ1) is 13.3. The molecule has 84 valence electrons. The fourth-order valence-corrected chi connectivity index (χ4v) is 0.870. The number of hydrazine groups is 1. The molecular formula is C11H19N3O. The molecular weight excluding hydrogens is 190 g/mol. The summed E-state index contributed by atoms with van der Waals surface area (Å²) in [7, 11) is 1.62. The molecule has 15 heavy (non-hydrogen) atoms. The molecule has 0 saturated carbocycles. The van der Waals surface area contributed by atoms with Gasteiger partial charge in [0.15, 0.2) is 0 Å². The Morgan fingerprint density at radius 1 is 1.47 bits per heavy atom. The van der Waals surface area contributed by atoms with Gasteiger partial charge in [0.05, 0.1) is 12.9 Å². The molecule has 0 spiro atoms. The summed E-state index contributed by atoms with van der Waals surface area (Å²) in [6.07, 6.45) is 7.57. The molecule has 4 nitrogen and oxygen atoms in total. The van der Waals surface area contributed by atoms with E-state index in [2.05, 4.69) is 12.0 Å². The maximum Gasteiger partial charge on any atom is 0.0924 e. The van der Waals surface area contributed by atoms with E-state index in [4.69, 9.17) is 16.3 Å². The molecule has 5 N–H and O–H groups in total. The molecule has 0 unspecified atom stereocenters. The first-order chi connectivity index (χ1) is 7.17. The Labute approximate surface area is 90.9 Å². The van der Waals surface area contributed by atoms with Gasteiger partial charge >= 0.3 is 0 Å². The van der Waals surface area contributed by atoms with Crippen molar-refractivity contribution in [2.24, 2.45) is 11.6 Å². The van der Waals surface area contributed by atoms with E-state index in [1.54, 1.807) is 13.2 Å². The zero-order valence-electron chi connectivity index (χ0n) is 9.29. The van der Waals surface area contributed by atoms with Crippen LogP contribution >= 0.6 is 0 Å². The highest BCUT2D eigenvalue weighted by atomic mass is 16.5. The third-order valence-electron chi connectivity index (χ3n) is 1.90. The Morgan fingerprint density at radius 3 is 2.53 bits per heavy atom. The number of hydrogen-bond acceptors (Lipinski definition) is 4. The monoisotopic (exact) mass is 209 g/mol. The summed E-state index contributed by atoms with van der Waals surface area (Å²) >= 11 is 0. The van der Waals surface area contributed by atoms with Crippen molar-refractivity contribution in [1.82, 2.24) is 5.43 Å². The van der Waals surface area contributed by atoms with Crippen LogP contribution in [0.1, 0.15) is 13.3 Å². The number of nitrogens with two attached hydrogens (primary N) is 2. The standard InChI is InChI=1S/C11H19N3O/c1-4-10(6-5-9(2)15-3)7-11(8-12)14-13/h4-6,8,14H,1,7,12-13H2,2-3H3/b9-5+,10-6+,11-8-. The second-order valence-electron chi connectivity index (χ2n) is 2.94. The topological polar surface area (TPSA) is 73.3 Å². The van der Waals surface area contributed by atoms with E-state index in [1.807, 2.05) is 19.1 Å². The van der Waals surface area contributed by atoms with Gasteiger partial charge < -0.3 is 15.9 Å². The highest BCUT2D eigenvalue weighted by Gasteiger charge is 1.96. The number of hydrogen-bond donors (Lipinski definition) is 3. The minimum absolute atomic E-state index is 0.615. The first-order valence-corrected chi connectivity index (χ1v) is 4.59. The van der Waals surface area contributed by atoms with E-state index < -0.39 is 0 Å². The number of ether oxygens (including phenoxy) is 1. The molecule has 0 heterocycles. The van der Waals surface area contributed by atoms with Crippen LogP contribution in [0.3, 0.4) is 0 Å². The van der Waals surface area contributed by atoms with E-state index in [-0.39, 0.29) is 0 Å². The summed E-state index contributed by atoms with van der Waals surface area (Å²) in [5.41, 5.74) is 9.62. The molecule has 0 aliphatic heterocycles. The van der Waals surface area contributed by atoms with Crippen LogP contribution in [0, 0.1) is 0 Å². The first-order valence-electron chi connectivity index (χ1n) is 4.59. The zero-order valence-corrected chi connectivity index (χ0v) is 9.29. The Kier molecular flexibility index (Phi) is 6.84. The third kappa shape index (κ3) is 5.59. The van der Waals surface area contributed by atoms with Gasteiger partial charge in [-0.25, -0.2) is 0 Å². The molecule has 0 saturated heterocycles. The smallest absolute Gasteiger partial charge is 0.0924 e. The quantitative estimate of drug-likeness (QED) is 0.267. The fourth-order valence-electron chi connectivity index (χ4n) is 0.870. The van der Waals surface area contributed by atoms with Crippen LogP contribution in [0.4, 0.5) is 0 Å². The molecule has 0 aromatic rings. The highest BCUT2D eigenvalue weighted by Crippen LogP contribution is 2.09. The minimum Gasteiger partial charge on any atom is -0.501 e. The van der Waals surface area contributed by atoms with Crippen molar-refractivity contribution in [3.8, 4) is 0 Å². The zero-order chi connectivity index (χ0) is 11.7. The van der Waals surface area contributed by atoms with Gasteiger partial charge in [0.2, 0.25) is 0 Å². The minimum atomic E-state index is 0.615. The number of methoxy groups -OCH3 is 1. The van der Waals surface area contributed by atoms with Crippen molar-refractivity contribution in [3.63, 3.8) is 0 Å². The molecule has 0 aromatic carbocycles. The Hall–Kier alpha value is -1.68. The maximum atomic E-state index is 5.36. The molecule has 0 atom stereocenters. The normalized spacial score (nSPS) is 13.7. The van der Waals surface area contributed by atoms with Gasteiger partial charge in [-0.1, -0.05) is 18.7 Å². The average Bonchev–Trinajstić information content (AvgIpc) is 2.29. The Balaban J connectivity index is 4.56. The van der Waals surface area contributed by atoms with Gasteiger partial charge in [-0.3, -0.25) is 5.84 Å². The van der Waals surface area contributed by atoms with Crippen molar-refractivity contribution in [1.29, 1.82) is 0 Å². The summed E-state index contributed by atoms with van der Waals surface area (Å²) in [4.78, 5) is 0. The fraction of sp³-hybridized carbons (Fsp3) is 0.273. The highest BCUT2D eigenvalue weighted by molar-refractivity contribution is 5.27. The molecule has 0 bridgehead atoms. The largest absolute Gasteiger partial charge is 0.501 e. The number of nitrogens with one attached hydrogen (secondary N) is 1. The molecule has 0 aromatic heterocycles. The second kappa shape index (κ2) is 7.70. The summed E-state index contributed by atoms with van der Waals surface area (Å²) in [6, 6.07) is 0. The van der Waals surface area contributed by atoms with Gasteiger partial charge in [0.1, 0.15) is 0 Å². The van der Waals surface area contributed by atoms with Crippen molar-refractivity contribution in [2.75, 3.05) is 7.11 Å². The molecule has 0 amide bonds. The van der Waals surface area contributed by atoms with Crippen LogP contribution in [0.15, 0.2) is 48.0 Å². The SMILES string of the molecule is C=C/C(=C\C=C(/C)OC)C/C(=C/N)NN. The molecule has 0 radical (unpaired) electrons. The van der Waals surface area contributed by atoms with E-state index in [1.165, 1.54) is 6.20 Å². The molecule has 0 rings (SSSR count). The summed E-state index contributed by atoms with van der Waals surface area (Å²) in [6.45, 7) is 5.58. The second-order valence-corrected chi connectivity index (χ2v) is 2.94. The lowest BCUT2D eigenvalue weighted by molar-refractivity contribution is 0.294. The number of allylic oxidation sites excluding steroid dienone is 5. The summed E-state index contributed by atoms with van der Waals surface area (Å²) in [5.74, 6) is 6.10. The van der Waals surface area contributed by atoms with Gasteiger partial charge in [-0.2, -0.15) is 0 Å². The summed E-state index contributed by atoms with van der Waals surface area (Å²) in [5, 5.41) is 0. The molecule has 0 aliphatic carbocycles. The van der Waals surface area contributed by atoms with E-state index >= 15 is 0 Å². The van der Waals surface area contributed by atoms with Crippen molar-refractivity contribution >= 4 is 0 Å². The van der Waals surface area contributed by atoms with Gasteiger partial charge in [0, 0.05) is 18.3 Å². The predicted molar refractivity (Wildman–Crippen MR) is 63.3 cm³/mol. The van der Waals surface area contributed by atoms with Gasteiger partial charge in [-0.15, -0.1) is 0 Å². The predicted octanol–water partition coefficient (Wildman–Crippen LogP) is 1.30. The van der Waals surface area contributed by atoms with Crippen molar-refractivity contribution < 1.29 is 4.74 Å². The Morgan fingerprint density at radius 2 is 2.13 bits per heavy atom. The Bertz CT molecular complexity index is 290. The van der Waals surface area contributed by atoms with Crippen LogP contribution in [0.5, 0.6) is 0 Å². The molecule has 0 aliphatic rings. The lowest BCUT2D eigenvalue weighted by Crippen LogP contribution is -2.22. The van der Waals surface area contributed by atoms with Gasteiger partial charge in [-0.05, 0) is 18.6 Å². The third-order valence-corrected chi connectivity index (χ3v) is 1.90. The van der Waals surface area contributed by atoms with E-state index in [0.29, 0.717) is 6.42 Å². The average molecular weight is 209 g/mol. The van der Waals surface area contributed by atoms with E-state index in [9.17, 15) is 0 Å². The summed E-state index contributed by atoms with van der Waals surface area (Å²) < 4.78 is 5.01. The van der Waals surface area contributed by atoms with Crippen LogP contribution in [0.25, 0.3) is 0 Å². The van der Waals surface area contributed by atoms with Crippen molar-refractivity contribution in [2.45, 2.75) is 13.3 Å². The van der Waals surface area contributed by atoms with Gasteiger partial charge in [0.25, 0.3) is 0 Å².